The summed E-state index contributed by atoms with van der Waals surface area (Å²) in [4.78, 5) is 4.11. The average molecular weight is 231 g/mol. The van der Waals surface area contributed by atoms with Crippen molar-refractivity contribution in [3.63, 3.8) is 0 Å². The first-order valence-electron chi connectivity index (χ1n) is 5.24. The predicted molar refractivity (Wildman–Crippen MR) is 57.3 cm³/mol. The zero-order chi connectivity index (χ0) is 12.6. The van der Waals surface area contributed by atoms with Crippen LogP contribution in [-0.2, 0) is 18.0 Å². The van der Waals surface area contributed by atoms with E-state index in [1.165, 1.54) is 6.07 Å². The van der Waals surface area contributed by atoms with Gasteiger partial charge in [-0.3, -0.25) is 4.98 Å². The lowest BCUT2D eigenvalue weighted by Crippen LogP contribution is -2.22. The van der Waals surface area contributed by atoms with E-state index in [0.717, 1.165) is 6.07 Å². The summed E-state index contributed by atoms with van der Waals surface area (Å²) in [6.07, 6.45) is -3.69. The van der Waals surface area contributed by atoms with E-state index in [1.807, 2.05) is 6.92 Å². The summed E-state index contributed by atoms with van der Waals surface area (Å²) in [7, 11) is 0. The highest BCUT2D eigenvalue weighted by atomic mass is 19.4. The summed E-state index contributed by atoms with van der Waals surface area (Å²) in [6, 6.07) is 2.57. The van der Waals surface area contributed by atoms with Crippen molar-refractivity contribution in [3.8, 4) is 0 Å². The third-order valence-corrected chi connectivity index (χ3v) is 2.33. The molecule has 0 saturated carbocycles. The summed E-state index contributed by atoms with van der Waals surface area (Å²) >= 11 is 0. The van der Waals surface area contributed by atoms with E-state index >= 15 is 0 Å². The topological polar surface area (TPSA) is 12.9 Å². The Morgan fingerprint density at radius 3 is 2.06 bits per heavy atom. The number of rotatable bonds is 1. The fraction of sp³-hybridized carbons (Fsp3) is 0.583. The van der Waals surface area contributed by atoms with Crippen LogP contribution in [0.4, 0.5) is 13.2 Å². The van der Waals surface area contributed by atoms with Crippen LogP contribution >= 0.6 is 0 Å². The molecule has 0 spiro atoms. The molecule has 1 aromatic heterocycles. The zero-order valence-electron chi connectivity index (χ0n) is 9.94. The van der Waals surface area contributed by atoms with E-state index in [-0.39, 0.29) is 5.69 Å². The molecule has 16 heavy (non-hydrogen) atoms. The molecule has 0 aliphatic heterocycles. The highest BCUT2D eigenvalue weighted by molar-refractivity contribution is 5.30. The highest BCUT2D eigenvalue weighted by Gasteiger charge is 2.37. The Morgan fingerprint density at radius 1 is 1.12 bits per heavy atom. The number of aromatic nitrogens is 1. The molecule has 0 amide bonds. The minimum atomic E-state index is -4.33. The van der Waals surface area contributed by atoms with Gasteiger partial charge in [0.15, 0.2) is 0 Å². The summed E-state index contributed by atoms with van der Waals surface area (Å²) in [5, 5.41) is 0. The number of aryl methyl sites for hydroxylation is 1. The zero-order valence-corrected chi connectivity index (χ0v) is 9.94. The van der Waals surface area contributed by atoms with Crippen LogP contribution in [0, 0.1) is 0 Å². The molecular formula is C12H16F3N. The molecule has 1 heterocycles. The van der Waals surface area contributed by atoms with Crippen LogP contribution in [0.3, 0.4) is 0 Å². The molecule has 1 aromatic rings. The average Bonchev–Trinajstić information content (AvgIpc) is 2.14. The SMILES string of the molecule is CCc1ccc(C(F)(F)F)c(C(C)(C)C)n1. The first-order chi connectivity index (χ1) is 7.16. The second-order valence-electron chi connectivity index (χ2n) is 4.80. The molecule has 0 aromatic carbocycles. The van der Waals surface area contributed by atoms with E-state index < -0.39 is 17.2 Å². The summed E-state index contributed by atoms with van der Waals surface area (Å²) in [6.45, 7) is 7.10. The fourth-order valence-corrected chi connectivity index (χ4v) is 1.50. The van der Waals surface area contributed by atoms with Gasteiger partial charge in [-0.05, 0) is 18.6 Å². The lowest BCUT2D eigenvalue weighted by atomic mass is 9.88. The van der Waals surface area contributed by atoms with Crippen LogP contribution in [0.25, 0.3) is 0 Å². The lowest BCUT2D eigenvalue weighted by Gasteiger charge is -2.23. The normalized spacial score (nSPS) is 12.9. The van der Waals surface area contributed by atoms with Gasteiger partial charge in [-0.1, -0.05) is 27.7 Å². The van der Waals surface area contributed by atoms with Gasteiger partial charge in [-0.25, -0.2) is 0 Å². The fourth-order valence-electron chi connectivity index (χ4n) is 1.50. The molecule has 1 nitrogen and oxygen atoms in total. The number of hydrogen-bond donors (Lipinski definition) is 0. The molecule has 1 rings (SSSR count). The maximum atomic E-state index is 12.8. The molecule has 0 aliphatic rings. The maximum Gasteiger partial charge on any atom is 0.418 e. The Kier molecular flexibility index (Phi) is 3.31. The van der Waals surface area contributed by atoms with Crippen molar-refractivity contribution in [2.45, 2.75) is 45.7 Å². The van der Waals surface area contributed by atoms with Gasteiger partial charge in [-0.2, -0.15) is 13.2 Å². The van der Waals surface area contributed by atoms with Crippen LogP contribution in [-0.4, -0.2) is 4.98 Å². The number of pyridine rings is 1. The second kappa shape index (κ2) is 4.07. The van der Waals surface area contributed by atoms with Gasteiger partial charge >= 0.3 is 6.18 Å². The molecule has 0 fully saturated rings. The Balaban J connectivity index is 3.40. The van der Waals surface area contributed by atoms with Crippen LogP contribution in [0.1, 0.15) is 44.6 Å². The molecule has 0 aliphatic carbocycles. The van der Waals surface area contributed by atoms with E-state index in [0.29, 0.717) is 12.1 Å². The van der Waals surface area contributed by atoms with Gasteiger partial charge in [0.05, 0.1) is 11.3 Å². The van der Waals surface area contributed by atoms with Crippen LogP contribution in [0.2, 0.25) is 0 Å². The van der Waals surface area contributed by atoms with Crippen molar-refractivity contribution < 1.29 is 13.2 Å². The van der Waals surface area contributed by atoms with Gasteiger partial charge in [0.1, 0.15) is 0 Å². The molecular weight excluding hydrogens is 215 g/mol. The summed E-state index contributed by atoms with van der Waals surface area (Å²) in [5.41, 5.74) is -0.412. The van der Waals surface area contributed by atoms with Crippen LogP contribution in [0.5, 0.6) is 0 Å². The molecule has 90 valence electrons. The molecule has 0 N–H and O–H groups in total. The maximum absolute atomic E-state index is 12.8. The largest absolute Gasteiger partial charge is 0.418 e. The highest BCUT2D eigenvalue weighted by Crippen LogP contribution is 2.36. The van der Waals surface area contributed by atoms with Crippen molar-refractivity contribution in [3.05, 3.63) is 29.1 Å². The summed E-state index contributed by atoms with van der Waals surface area (Å²) < 4.78 is 38.3. The van der Waals surface area contributed by atoms with Crippen molar-refractivity contribution in [2.75, 3.05) is 0 Å². The van der Waals surface area contributed by atoms with Crippen molar-refractivity contribution in [2.24, 2.45) is 0 Å². The van der Waals surface area contributed by atoms with Crippen molar-refractivity contribution in [1.29, 1.82) is 0 Å². The van der Waals surface area contributed by atoms with E-state index in [9.17, 15) is 13.2 Å². The van der Waals surface area contributed by atoms with Crippen LogP contribution < -0.4 is 0 Å². The Labute approximate surface area is 93.7 Å². The Bertz CT molecular complexity index is 375. The molecule has 0 radical (unpaired) electrons. The Hall–Kier alpha value is -1.06. The lowest BCUT2D eigenvalue weighted by molar-refractivity contribution is -0.139. The van der Waals surface area contributed by atoms with Gasteiger partial charge in [0, 0.05) is 11.1 Å². The van der Waals surface area contributed by atoms with Gasteiger partial charge in [-0.15, -0.1) is 0 Å². The minimum Gasteiger partial charge on any atom is -0.257 e. The number of nitrogens with zero attached hydrogens (tertiary/aromatic N) is 1. The van der Waals surface area contributed by atoms with Gasteiger partial charge < -0.3 is 0 Å². The monoisotopic (exact) mass is 231 g/mol. The predicted octanol–water partition coefficient (Wildman–Crippen LogP) is 3.96. The molecule has 0 unspecified atom stereocenters. The molecule has 0 bridgehead atoms. The second-order valence-corrected chi connectivity index (χ2v) is 4.80. The first-order valence-corrected chi connectivity index (χ1v) is 5.24. The van der Waals surface area contributed by atoms with E-state index in [4.69, 9.17) is 0 Å². The third kappa shape index (κ3) is 2.74. The quantitative estimate of drug-likeness (QED) is 0.712. The van der Waals surface area contributed by atoms with E-state index in [1.54, 1.807) is 20.8 Å². The van der Waals surface area contributed by atoms with Gasteiger partial charge in [0.25, 0.3) is 0 Å². The summed E-state index contributed by atoms with van der Waals surface area (Å²) in [5.74, 6) is 0. The van der Waals surface area contributed by atoms with E-state index in [2.05, 4.69) is 4.98 Å². The first kappa shape index (κ1) is 13.0. The van der Waals surface area contributed by atoms with Gasteiger partial charge in [0.2, 0.25) is 0 Å². The number of halogens is 3. The smallest absolute Gasteiger partial charge is 0.257 e. The molecule has 4 heteroatoms. The Morgan fingerprint density at radius 2 is 1.69 bits per heavy atom. The third-order valence-electron chi connectivity index (χ3n) is 2.33. The molecule has 0 saturated heterocycles. The van der Waals surface area contributed by atoms with Crippen LogP contribution in [0.15, 0.2) is 12.1 Å². The van der Waals surface area contributed by atoms with Crippen molar-refractivity contribution >= 4 is 0 Å². The number of alkyl halides is 3. The minimum absolute atomic E-state index is 0.124. The standard InChI is InChI=1S/C12H16F3N/c1-5-8-6-7-9(12(13,14)15)10(16-8)11(2,3)4/h6-7H,5H2,1-4H3. The molecule has 0 atom stereocenters. The number of hydrogen-bond acceptors (Lipinski definition) is 1. The van der Waals surface area contributed by atoms with Crippen molar-refractivity contribution in [1.82, 2.24) is 4.98 Å².